The monoisotopic (exact) mass is 266 g/mol. The lowest BCUT2D eigenvalue weighted by molar-refractivity contribution is 0.257. The summed E-state index contributed by atoms with van der Waals surface area (Å²) < 4.78 is 0. The fourth-order valence-electron chi connectivity index (χ4n) is 3.64. The molecule has 0 radical (unpaired) electrons. The van der Waals surface area contributed by atoms with Crippen LogP contribution in [0.25, 0.3) is 0 Å². The first-order chi connectivity index (χ1) is 9.16. The molecule has 0 unspecified atom stereocenters. The minimum Gasteiger partial charge on any atom is -0.315 e. The second-order valence-electron chi connectivity index (χ2n) is 7.57. The van der Waals surface area contributed by atoms with Crippen molar-refractivity contribution in [1.82, 2.24) is 10.2 Å². The highest BCUT2D eigenvalue weighted by Crippen LogP contribution is 2.29. The zero-order valence-corrected chi connectivity index (χ0v) is 13.2. The Kier molecular flexibility index (Phi) is 6.15. The maximum atomic E-state index is 3.70. The summed E-state index contributed by atoms with van der Waals surface area (Å²) in [7, 11) is 0. The first kappa shape index (κ1) is 15.3. The predicted octanol–water partition coefficient (Wildman–Crippen LogP) is 3.67. The van der Waals surface area contributed by atoms with E-state index >= 15 is 0 Å². The fourth-order valence-corrected chi connectivity index (χ4v) is 3.64. The third-order valence-corrected chi connectivity index (χ3v) is 5.20. The van der Waals surface area contributed by atoms with Gasteiger partial charge in [-0.3, -0.25) is 0 Å². The molecule has 0 atom stereocenters. The maximum Gasteiger partial charge on any atom is 0.0107 e. The molecular formula is C17H34N2. The van der Waals surface area contributed by atoms with Crippen molar-refractivity contribution < 1.29 is 0 Å². The van der Waals surface area contributed by atoms with Gasteiger partial charge in [0.2, 0.25) is 0 Å². The largest absolute Gasteiger partial charge is 0.315 e. The van der Waals surface area contributed by atoms with E-state index in [1.54, 1.807) is 0 Å². The molecular weight excluding hydrogens is 232 g/mol. The fraction of sp³-hybridized carbons (Fsp3) is 1.00. The summed E-state index contributed by atoms with van der Waals surface area (Å²) in [6, 6.07) is 0. The van der Waals surface area contributed by atoms with E-state index in [1.807, 2.05) is 0 Å². The van der Waals surface area contributed by atoms with Gasteiger partial charge in [-0.25, -0.2) is 0 Å². The molecule has 2 aliphatic rings. The van der Waals surface area contributed by atoms with Gasteiger partial charge in [0.05, 0.1) is 0 Å². The molecule has 1 aliphatic carbocycles. The van der Waals surface area contributed by atoms with Crippen LogP contribution in [0.4, 0.5) is 0 Å². The number of rotatable bonds is 5. The molecule has 0 aromatic rings. The van der Waals surface area contributed by atoms with Crippen LogP contribution in [0.2, 0.25) is 0 Å². The van der Waals surface area contributed by atoms with E-state index in [9.17, 15) is 0 Å². The van der Waals surface area contributed by atoms with Crippen LogP contribution in [0.15, 0.2) is 0 Å². The Morgan fingerprint density at radius 1 is 1.00 bits per heavy atom. The lowest BCUT2D eigenvalue weighted by atomic mass is 9.85. The Labute approximate surface area is 120 Å². The molecule has 1 saturated heterocycles. The van der Waals surface area contributed by atoms with Gasteiger partial charge in [-0.1, -0.05) is 33.1 Å². The molecule has 2 rings (SSSR count). The van der Waals surface area contributed by atoms with Crippen molar-refractivity contribution in [2.24, 2.45) is 11.3 Å². The van der Waals surface area contributed by atoms with Gasteiger partial charge in [-0.15, -0.1) is 0 Å². The standard InChI is InChI=1S/C17H34N2/c1-17(2)9-6-12-19(13-10-17)14-11-18-15-16-7-4-3-5-8-16/h16,18H,3-15H2,1-2H3. The third kappa shape index (κ3) is 5.83. The smallest absolute Gasteiger partial charge is 0.0107 e. The van der Waals surface area contributed by atoms with Crippen molar-refractivity contribution in [2.45, 2.75) is 65.2 Å². The number of nitrogens with zero attached hydrogens (tertiary/aromatic N) is 1. The summed E-state index contributed by atoms with van der Waals surface area (Å²) in [6.45, 7) is 11.2. The lowest BCUT2D eigenvalue weighted by Gasteiger charge is -2.24. The number of hydrogen-bond donors (Lipinski definition) is 1. The number of nitrogens with one attached hydrogen (secondary N) is 1. The molecule has 2 nitrogen and oxygen atoms in total. The zero-order chi connectivity index (χ0) is 13.6. The van der Waals surface area contributed by atoms with Crippen molar-refractivity contribution in [3.8, 4) is 0 Å². The molecule has 0 spiro atoms. The highest BCUT2D eigenvalue weighted by atomic mass is 15.1. The predicted molar refractivity (Wildman–Crippen MR) is 83.5 cm³/mol. The van der Waals surface area contributed by atoms with Gasteiger partial charge in [-0.05, 0) is 63.1 Å². The highest BCUT2D eigenvalue weighted by molar-refractivity contribution is 4.76. The Balaban J connectivity index is 1.55. The molecule has 0 amide bonds. The summed E-state index contributed by atoms with van der Waals surface area (Å²) in [5, 5.41) is 3.70. The van der Waals surface area contributed by atoms with Crippen LogP contribution in [0.3, 0.4) is 0 Å². The molecule has 19 heavy (non-hydrogen) atoms. The molecule has 0 aromatic heterocycles. The minimum absolute atomic E-state index is 0.574. The van der Waals surface area contributed by atoms with Crippen molar-refractivity contribution in [3.63, 3.8) is 0 Å². The van der Waals surface area contributed by atoms with Crippen LogP contribution in [-0.4, -0.2) is 37.6 Å². The van der Waals surface area contributed by atoms with Gasteiger partial charge >= 0.3 is 0 Å². The van der Waals surface area contributed by atoms with Gasteiger partial charge in [0.15, 0.2) is 0 Å². The summed E-state index contributed by atoms with van der Waals surface area (Å²) in [6.07, 6.45) is 11.5. The van der Waals surface area contributed by atoms with E-state index in [1.165, 1.54) is 84.1 Å². The van der Waals surface area contributed by atoms with Gasteiger partial charge in [0.1, 0.15) is 0 Å². The van der Waals surface area contributed by atoms with Gasteiger partial charge in [0, 0.05) is 13.1 Å². The number of hydrogen-bond acceptors (Lipinski definition) is 2. The summed E-state index contributed by atoms with van der Waals surface area (Å²) >= 11 is 0. The van der Waals surface area contributed by atoms with Crippen molar-refractivity contribution >= 4 is 0 Å². The molecule has 112 valence electrons. The molecule has 0 aromatic carbocycles. The second kappa shape index (κ2) is 7.64. The van der Waals surface area contributed by atoms with E-state index in [-0.39, 0.29) is 0 Å². The average molecular weight is 266 g/mol. The van der Waals surface area contributed by atoms with E-state index in [2.05, 4.69) is 24.1 Å². The second-order valence-corrected chi connectivity index (χ2v) is 7.57. The lowest BCUT2D eigenvalue weighted by Crippen LogP contribution is -2.35. The Bertz CT molecular complexity index is 244. The van der Waals surface area contributed by atoms with Crippen LogP contribution < -0.4 is 5.32 Å². The maximum absolute atomic E-state index is 3.70. The van der Waals surface area contributed by atoms with E-state index in [0.29, 0.717) is 5.41 Å². The quantitative estimate of drug-likeness (QED) is 0.764. The molecule has 1 aliphatic heterocycles. The number of likely N-dealkylation sites (tertiary alicyclic amines) is 1. The highest BCUT2D eigenvalue weighted by Gasteiger charge is 2.22. The molecule has 2 heteroatoms. The van der Waals surface area contributed by atoms with Gasteiger partial charge in [0.25, 0.3) is 0 Å². The zero-order valence-electron chi connectivity index (χ0n) is 13.2. The van der Waals surface area contributed by atoms with Gasteiger partial charge in [-0.2, -0.15) is 0 Å². The Morgan fingerprint density at radius 2 is 1.79 bits per heavy atom. The molecule has 2 fully saturated rings. The SMILES string of the molecule is CC1(C)CCCN(CCNCC2CCCCC2)CC1. The van der Waals surface area contributed by atoms with E-state index < -0.39 is 0 Å². The van der Waals surface area contributed by atoms with Crippen LogP contribution >= 0.6 is 0 Å². The van der Waals surface area contributed by atoms with Crippen LogP contribution in [0, 0.1) is 11.3 Å². The summed E-state index contributed by atoms with van der Waals surface area (Å²) in [4.78, 5) is 2.67. The minimum atomic E-state index is 0.574. The van der Waals surface area contributed by atoms with Crippen molar-refractivity contribution in [2.75, 3.05) is 32.7 Å². The van der Waals surface area contributed by atoms with E-state index in [0.717, 1.165) is 5.92 Å². The Hall–Kier alpha value is -0.0800. The van der Waals surface area contributed by atoms with Crippen molar-refractivity contribution in [1.29, 1.82) is 0 Å². The first-order valence-corrected chi connectivity index (χ1v) is 8.59. The first-order valence-electron chi connectivity index (χ1n) is 8.59. The van der Waals surface area contributed by atoms with Gasteiger partial charge < -0.3 is 10.2 Å². The van der Waals surface area contributed by atoms with Crippen molar-refractivity contribution in [3.05, 3.63) is 0 Å². The van der Waals surface area contributed by atoms with Crippen LogP contribution in [0.1, 0.15) is 65.2 Å². The Morgan fingerprint density at radius 3 is 2.58 bits per heavy atom. The van der Waals surface area contributed by atoms with E-state index in [4.69, 9.17) is 0 Å². The normalized spacial score (nSPS) is 26.2. The summed E-state index contributed by atoms with van der Waals surface area (Å²) in [5.74, 6) is 0.969. The van der Waals surface area contributed by atoms with Crippen LogP contribution in [0.5, 0.6) is 0 Å². The molecule has 0 bridgehead atoms. The summed E-state index contributed by atoms with van der Waals surface area (Å²) in [5.41, 5.74) is 0.574. The molecule has 1 N–H and O–H groups in total. The molecule has 1 heterocycles. The molecule has 1 saturated carbocycles. The third-order valence-electron chi connectivity index (χ3n) is 5.20. The van der Waals surface area contributed by atoms with Crippen LogP contribution in [-0.2, 0) is 0 Å². The topological polar surface area (TPSA) is 15.3 Å². The average Bonchev–Trinajstić information content (AvgIpc) is 2.57.